The highest BCUT2D eigenvalue weighted by Crippen LogP contribution is 2.29. The largest absolute Gasteiger partial charge is 0.506 e. The van der Waals surface area contributed by atoms with E-state index in [9.17, 15) is 9.90 Å². The molecule has 1 aromatic heterocycles. The van der Waals surface area contributed by atoms with Crippen LogP contribution in [0.2, 0.25) is 0 Å². The topological polar surface area (TPSA) is 50.2 Å². The van der Waals surface area contributed by atoms with Crippen molar-refractivity contribution in [2.24, 2.45) is 0 Å². The summed E-state index contributed by atoms with van der Waals surface area (Å²) in [5.41, 5.74) is 0.971. The molecule has 0 saturated carbocycles. The smallest absolute Gasteiger partial charge is 0.165 e. The van der Waals surface area contributed by atoms with Crippen molar-refractivity contribution in [3.05, 3.63) is 30.0 Å². The molecule has 0 fully saturated rings. The Kier molecular flexibility index (Phi) is 2.83. The molecular formula is C12H11NO2S. The maximum absolute atomic E-state index is 11.2. The third-order valence-corrected chi connectivity index (χ3v) is 3.15. The molecule has 0 aliphatic rings. The van der Waals surface area contributed by atoms with Gasteiger partial charge in [0, 0.05) is 16.5 Å². The number of pyridine rings is 1. The molecule has 0 atom stereocenters. The predicted molar refractivity (Wildman–Crippen MR) is 65.2 cm³/mol. The molecular weight excluding hydrogens is 222 g/mol. The van der Waals surface area contributed by atoms with Crippen molar-refractivity contribution >= 4 is 28.4 Å². The van der Waals surface area contributed by atoms with Crippen LogP contribution < -0.4 is 0 Å². The first-order valence-electron chi connectivity index (χ1n) is 4.80. The number of hydrogen-bond donors (Lipinski definition) is 1. The lowest BCUT2D eigenvalue weighted by molar-refractivity contribution is 0.101. The molecule has 0 spiro atoms. The van der Waals surface area contributed by atoms with E-state index in [1.54, 1.807) is 17.8 Å². The molecule has 0 radical (unpaired) electrons. The molecule has 4 heteroatoms. The van der Waals surface area contributed by atoms with E-state index in [4.69, 9.17) is 0 Å². The number of ketones is 1. The highest BCUT2D eigenvalue weighted by atomic mass is 32.2. The number of Topliss-reactive ketones (excluding diaryl/α,β-unsaturated/α-hetero) is 1. The molecule has 2 rings (SSSR count). The molecule has 3 nitrogen and oxygen atoms in total. The number of fused-ring (bicyclic) bond motifs is 1. The molecule has 82 valence electrons. The number of rotatable bonds is 2. The summed E-state index contributed by atoms with van der Waals surface area (Å²) < 4.78 is 0. The summed E-state index contributed by atoms with van der Waals surface area (Å²) in [6.07, 6.45) is 3.40. The minimum atomic E-state index is -0.180. The zero-order valence-electron chi connectivity index (χ0n) is 9.02. The molecule has 0 amide bonds. The van der Waals surface area contributed by atoms with Crippen molar-refractivity contribution < 1.29 is 9.90 Å². The van der Waals surface area contributed by atoms with Crippen LogP contribution in [0.1, 0.15) is 17.3 Å². The minimum Gasteiger partial charge on any atom is -0.506 e. The van der Waals surface area contributed by atoms with E-state index in [2.05, 4.69) is 4.98 Å². The zero-order chi connectivity index (χ0) is 11.7. The Morgan fingerprint density at radius 1 is 1.44 bits per heavy atom. The summed E-state index contributed by atoms with van der Waals surface area (Å²) in [4.78, 5) is 16.5. The lowest BCUT2D eigenvalue weighted by atomic mass is 10.1. The molecule has 0 saturated heterocycles. The van der Waals surface area contributed by atoms with Crippen molar-refractivity contribution in [3.63, 3.8) is 0 Å². The quantitative estimate of drug-likeness (QED) is 0.640. The van der Waals surface area contributed by atoms with Gasteiger partial charge in [0.15, 0.2) is 5.78 Å². The second-order valence-electron chi connectivity index (χ2n) is 3.46. The first kappa shape index (κ1) is 11.0. The normalized spacial score (nSPS) is 10.6. The molecule has 1 aromatic carbocycles. The first-order valence-corrected chi connectivity index (χ1v) is 6.02. The van der Waals surface area contributed by atoms with Gasteiger partial charge in [-0.05, 0) is 31.4 Å². The molecule has 1 N–H and O–H groups in total. The van der Waals surface area contributed by atoms with Crippen LogP contribution in [0.5, 0.6) is 5.75 Å². The summed E-state index contributed by atoms with van der Waals surface area (Å²) in [6.45, 7) is 1.42. The molecule has 1 heterocycles. The summed E-state index contributed by atoms with van der Waals surface area (Å²) in [5.74, 6) is -0.161. The van der Waals surface area contributed by atoms with Crippen LogP contribution >= 0.6 is 11.8 Å². The van der Waals surface area contributed by atoms with Crippen LogP contribution in [0, 0.1) is 0 Å². The standard InChI is InChI=1S/C12H11NO2S/c1-7(14)10-6-13-11-5-8(16-2)3-4-9(11)12(10)15/h3-6H,1-2H3,(H,13,15). The maximum atomic E-state index is 11.2. The Hall–Kier alpha value is -1.55. The van der Waals surface area contributed by atoms with Crippen molar-refractivity contribution in [2.45, 2.75) is 11.8 Å². The number of carbonyl (C=O) groups excluding carboxylic acids is 1. The minimum absolute atomic E-state index is 0.0187. The van der Waals surface area contributed by atoms with Gasteiger partial charge in [0.2, 0.25) is 0 Å². The Labute approximate surface area is 97.5 Å². The van der Waals surface area contributed by atoms with Crippen LogP contribution in [0.25, 0.3) is 10.9 Å². The lowest BCUT2D eigenvalue weighted by Gasteiger charge is -2.05. The van der Waals surface area contributed by atoms with Gasteiger partial charge in [0.1, 0.15) is 5.75 Å². The number of benzene rings is 1. The average Bonchev–Trinajstić information content (AvgIpc) is 2.28. The SMILES string of the molecule is CSc1ccc2c(O)c(C(C)=O)cnc2c1. The zero-order valence-corrected chi connectivity index (χ0v) is 9.84. The molecule has 0 unspecified atom stereocenters. The van der Waals surface area contributed by atoms with Gasteiger partial charge >= 0.3 is 0 Å². The number of hydrogen-bond acceptors (Lipinski definition) is 4. The Morgan fingerprint density at radius 2 is 2.19 bits per heavy atom. The van der Waals surface area contributed by atoms with E-state index >= 15 is 0 Å². The fourth-order valence-corrected chi connectivity index (χ4v) is 1.98. The average molecular weight is 233 g/mol. The van der Waals surface area contributed by atoms with Gasteiger partial charge in [-0.15, -0.1) is 11.8 Å². The van der Waals surface area contributed by atoms with Gasteiger partial charge in [0.25, 0.3) is 0 Å². The van der Waals surface area contributed by atoms with E-state index in [0.717, 1.165) is 4.90 Å². The number of aromatic hydroxyl groups is 1. The van der Waals surface area contributed by atoms with E-state index in [1.807, 2.05) is 18.4 Å². The summed E-state index contributed by atoms with van der Waals surface area (Å²) in [6, 6.07) is 5.58. The number of thioether (sulfide) groups is 1. The number of carbonyl (C=O) groups is 1. The highest BCUT2D eigenvalue weighted by molar-refractivity contribution is 7.98. The van der Waals surface area contributed by atoms with Gasteiger partial charge < -0.3 is 5.11 Å². The van der Waals surface area contributed by atoms with Crippen molar-refractivity contribution in [1.29, 1.82) is 0 Å². The molecule has 0 aliphatic carbocycles. The maximum Gasteiger partial charge on any atom is 0.165 e. The second-order valence-corrected chi connectivity index (χ2v) is 4.34. The number of nitrogens with zero attached hydrogens (tertiary/aromatic N) is 1. The van der Waals surface area contributed by atoms with Crippen LogP contribution in [-0.4, -0.2) is 22.1 Å². The highest BCUT2D eigenvalue weighted by Gasteiger charge is 2.11. The first-order chi connectivity index (χ1) is 7.63. The molecule has 0 bridgehead atoms. The third kappa shape index (κ3) is 1.76. The van der Waals surface area contributed by atoms with E-state index in [1.165, 1.54) is 13.1 Å². The molecule has 0 aliphatic heterocycles. The summed E-state index contributed by atoms with van der Waals surface area (Å²) in [5, 5.41) is 10.5. The Balaban J connectivity index is 2.71. The van der Waals surface area contributed by atoms with Crippen LogP contribution in [0.4, 0.5) is 0 Å². The monoisotopic (exact) mass is 233 g/mol. The van der Waals surface area contributed by atoms with Gasteiger partial charge in [-0.1, -0.05) is 0 Å². The summed E-state index contributed by atoms with van der Waals surface area (Å²) in [7, 11) is 0. The van der Waals surface area contributed by atoms with Crippen LogP contribution in [-0.2, 0) is 0 Å². The van der Waals surface area contributed by atoms with E-state index in [0.29, 0.717) is 10.9 Å². The fourth-order valence-electron chi connectivity index (χ4n) is 1.54. The second kappa shape index (κ2) is 4.14. The van der Waals surface area contributed by atoms with Gasteiger partial charge in [-0.3, -0.25) is 9.78 Å². The van der Waals surface area contributed by atoms with E-state index < -0.39 is 0 Å². The lowest BCUT2D eigenvalue weighted by Crippen LogP contribution is -1.95. The van der Waals surface area contributed by atoms with Gasteiger partial charge in [-0.2, -0.15) is 0 Å². The van der Waals surface area contributed by atoms with Crippen LogP contribution in [0.15, 0.2) is 29.3 Å². The van der Waals surface area contributed by atoms with Gasteiger partial charge in [-0.25, -0.2) is 0 Å². The summed E-state index contributed by atoms with van der Waals surface area (Å²) >= 11 is 1.61. The van der Waals surface area contributed by atoms with Crippen LogP contribution in [0.3, 0.4) is 0 Å². The van der Waals surface area contributed by atoms with Gasteiger partial charge in [0.05, 0.1) is 11.1 Å². The van der Waals surface area contributed by atoms with E-state index in [-0.39, 0.29) is 17.1 Å². The van der Waals surface area contributed by atoms with Crippen molar-refractivity contribution in [2.75, 3.05) is 6.26 Å². The number of aromatic nitrogens is 1. The molecule has 16 heavy (non-hydrogen) atoms. The third-order valence-electron chi connectivity index (χ3n) is 2.43. The Morgan fingerprint density at radius 3 is 2.81 bits per heavy atom. The fraction of sp³-hybridized carbons (Fsp3) is 0.167. The molecule has 2 aromatic rings. The van der Waals surface area contributed by atoms with Crippen molar-refractivity contribution in [1.82, 2.24) is 4.98 Å². The predicted octanol–water partition coefficient (Wildman–Crippen LogP) is 2.86. The Bertz CT molecular complexity index is 566. The van der Waals surface area contributed by atoms with Crippen molar-refractivity contribution in [3.8, 4) is 5.75 Å².